The van der Waals surface area contributed by atoms with Crippen molar-refractivity contribution in [1.82, 2.24) is 9.78 Å². The van der Waals surface area contributed by atoms with Crippen molar-refractivity contribution in [3.05, 3.63) is 112 Å². The van der Waals surface area contributed by atoms with E-state index in [4.69, 9.17) is 16.7 Å². The number of aromatic nitrogens is 2. The topological polar surface area (TPSA) is 29.9 Å². The molecule has 32 heavy (non-hydrogen) atoms. The van der Waals surface area contributed by atoms with Crippen molar-refractivity contribution in [3.63, 3.8) is 0 Å². The molecule has 4 aromatic rings. The normalized spacial score (nSPS) is 13.3. The van der Waals surface area contributed by atoms with Gasteiger partial charge in [0.25, 0.3) is 0 Å². The van der Waals surface area contributed by atoms with E-state index < -0.39 is 11.7 Å². The van der Waals surface area contributed by atoms with E-state index in [0.717, 1.165) is 40.9 Å². The van der Waals surface area contributed by atoms with Gasteiger partial charge in [0.05, 0.1) is 27.9 Å². The number of benzene rings is 3. The third kappa shape index (κ3) is 3.65. The van der Waals surface area contributed by atoms with Gasteiger partial charge in [-0.3, -0.25) is 0 Å². The van der Waals surface area contributed by atoms with Gasteiger partial charge in [-0.25, -0.2) is 4.68 Å². The standard InChI is InChI=1S/C25H19ClF3N3/c26-20-12-11-18(25(27,28)29)15-21(20)32-24-19(13-14-30-24)23(31-32)22(16-7-3-1-4-8-16)17-9-5-2-6-10-17/h1-12,15,22,30H,13-14H2. The zero-order valence-electron chi connectivity index (χ0n) is 16.9. The summed E-state index contributed by atoms with van der Waals surface area (Å²) < 4.78 is 41.7. The molecule has 0 radical (unpaired) electrons. The summed E-state index contributed by atoms with van der Waals surface area (Å²) >= 11 is 6.35. The highest BCUT2D eigenvalue weighted by atomic mass is 35.5. The predicted octanol–water partition coefficient (Wildman–Crippen LogP) is 6.69. The average molecular weight is 454 g/mol. The van der Waals surface area contributed by atoms with Crippen molar-refractivity contribution < 1.29 is 13.2 Å². The molecule has 0 saturated carbocycles. The van der Waals surface area contributed by atoms with Gasteiger partial charge in [0.2, 0.25) is 0 Å². The molecule has 1 aliphatic rings. The second-order valence-corrected chi connectivity index (χ2v) is 8.13. The number of halogens is 4. The third-order valence-corrected chi connectivity index (χ3v) is 6.04. The van der Waals surface area contributed by atoms with Crippen molar-refractivity contribution in [2.45, 2.75) is 18.5 Å². The summed E-state index contributed by atoms with van der Waals surface area (Å²) in [6.45, 7) is 0.688. The number of hydrogen-bond acceptors (Lipinski definition) is 2. The quantitative estimate of drug-likeness (QED) is 0.373. The fourth-order valence-electron chi connectivity index (χ4n) is 4.26. The number of nitrogens with zero attached hydrogens (tertiary/aromatic N) is 2. The van der Waals surface area contributed by atoms with Crippen molar-refractivity contribution in [2.24, 2.45) is 0 Å². The highest BCUT2D eigenvalue weighted by molar-refractivity contribution is 6.32. The molecular weight excluding hydrogens is 435 g/mol. The largest absolute Gasteiger partial charge is 0.416 e. The Morgan fingerprint density at radius 3 is 2.12 bits per heavy atom. The van der Waals surface area contributed by atoms with Crippen LogP contribution in [0, 0.1) is 0 Å². The van der Waals surface area contributed by atoms with E-state index in [1.807, 2.05) is 60.7 Å². The molecule has 3 nitrogen and oxygen atoms in total. The summed E-state index contributed by atoms with van der Waals surface area (Å²) in [4.78, 5) is 0. The molecule has 0 atom stereocenters. The Morgan fingerprint density at radius 1 is 0.906 bits per heavy atom. The minimum Gasteiger partial charge on any atom is -0.369 e. The molecule has 162 valence electrons. The van der Waals surface area contributed by atoms with Crippen LogP contribution in [-0.4, -0.2) is 16.3 Å². The van der Waals surface area contributed by atoms with Crippen LogP contribution in [0.5, 0.6) is 0 Å². The molecule has 0 aliphatic carbocycles. The second-order valence-electron chi connectivity index (χ2n) is 7.72. The number of nitrogens with one attached hydrogen (secondary N) is 1. The Labute approximate surface area is 188 Å². The van der Waals surface area contributed by atoms with E-state index >= 15 is 0 Å². The molecule has 0 spiro atoms. The highest BCUT2D eigenvalue weighted by Gasteiger charge is 2.33. The minimum atomic E-state index is -4.47. The van der Waals surface area contributed by atoms with Gasteiger partial charge in [0, 0.05) is 12.1 Å². The van der Waals surface area contributed by atoms with Crippen LogP contribution in [0.3, 0.4) is 0 Å². The maximum Gasteiger partial charge on any atom is 0.416 e. The molecule has 0 unspecified atom stereocenters. The third-order valence-electron chi connectivity index (χ3n) is 5.72. The Kier molecular flexibility index (Phi) is 5.18. The summed E-state index contributed by atoms with van der Waals surface area (Å²) in [6.07, 6.45) is -3.74. The van der Waals surface area contributed by atoms with Crippen LogP contribution in [-0.2, 0) is 12.6 Å². The maximum absolute atomic E-state index is 13.4. The number of fused-ring (bicyclic) bond motifs is 1. The SMILES string of the molecule is FC(F)(F)c1ccc(Cl)c(-n2nc(C(c3ccccc3)c3ccccc3)c3c2NCC3)c1. The number of hydrogen-bond donors (Lipinski definition) is 1. The molecule has 0 fully saturated rings. The fraction of sp³-hybridized carbons (Fsp3) is 0.160. The lowest BCUT2D eigenvalue weighted by Gasteiger charge is -2.17. The molecule has 0 amide bonds. The summed E-state index contributed by atoms with van der Waals surface area (Å²) in [5, 5.41) is 8.34. The fourth-order valence-corrected chi connectivity index (χ4v) is 4.46. The first-order valence-electron chi connectivity index (χ1n) is 10.3. The monoisotopic (exact) mass is 453 g/mol. The Balaban J connectivity index is 1.72. The van der Waals surface area contributed by atoms with Crippen LogP contribution in [0.4, 0.5) is 19.0 Å². The van der Waals surface area contributed by atoms with Crippen molar-refractivity contribution in [1.29, 1.82) is 0 Å². The first kappa shape index (κ1) is 20.6. The number of rotatable bonds is 4. The molecular formula is C25H19ClF3N3. The van der Waals surface area contributed by atoms with Gasteiger partial charge in [-0.2, -0.15) is 18.3 Å². The lowest BCUT2D eigenvalue weighted by Crippen LogP contribution is -2.11. The van der Waals surface area contributed by atoms with Gasteiger partial charge < -0.3 is 5.32 Å². The predicted molar refractivity (Wildman–Crippen MR) is 120 cm³/mol. The van der Waals surface area contributed by atoms with Gasteiger partial charge in [0.1, 0.15) is 5.82 Å². The van der Waals surface area contributed by atoms with Crippen LogP contribution in [0.2, 0.25) is 5.02 Å². The molecule has 0 bridgehead atoms. The summed E-state index contributed by atoms with van der Waals surface area (Å²) in [5.41, 5.74) is 3.38. The molecule has 1 N–H and O–H groups in total. The molecule has 0 saturated heterocycles. The Morgan fingerprint density at radius 2 is 1.53 bits per heavy atom. The van der Waals surface area contributed by atoms with E-state index in [9.17, 15) is 13.2 Å². The number of alkyl halides is 3. The zero-order chi connectivity index (χ0) is 22.3. The average Bonchev–Trinajstić information content (AvgIpc) is 3.39. The summed E-state index contributed by atoms with van der Waals surface area (Å²) in [6, 6.07) is 23.3. The van der Waals surface area contributed by atoms with Crippen molar-refractivity contribution in [3.8, 4) is 5.69 Å². The summed E-state index contributed by atoms with van der Waals surface area (Å²) in [7, 11) is 0. The maximum atomic E-state index is 13.4. The molecule has 2 heterocycles. The van der Waals surface area contributed by atoms with E-state index in [1.54, 1.807) is 0 Å². The minimum absolute atomic E-state index is 0.156. The van der Waals surface area contributed by atoms with Gasteiger partial charge in [-0.1, -0.05) is 72.3 Å². The molecule has 3 aromatic carbocycles. The highest BCUT2D eigenvalue weighted by Crippen LogP contribution is 2.41. The molecule has 1 aromatic heterocycles. The second kappa shape index (κ2) is 8.02. The molecule has 1 aliphatic heterocycles. The molecule has 7 heteroatoms. The van der Waals surface area contributed by atoms with Crippen LogP contribution in [0.25, 0.3) is 5.69 Å². The van der Waals surface area contributed by atoms with E-state index in [0.29, 0.717) is 12.4 Å². The first-order chi connectivity index (χ1) is 15.4. The summed E-state index contributed by atoms with van der Waals surface area (Å²) in [5.74, 6) is 0.537. The lowest BCUT2D eigenvalue weighted by molar-refractivity contribution is -0.137. The van der Waals surface area contributed by atoms with Gasteiger partial charge in [-0.05, 0) is 35.7 Å². The van der Waals surface area contributed by atoms with Crippen LogP contribution < -0.4 is 5.32 Å². The zero-order valence-corrected chi connectivity index (χ0v) is 17.7. The van der Waals surface area contributed by atoms with Crippen LogP contribution in [0.1, 0.15) is 33.9 Å². The number of anilines is 1. The van der Waals surface area contributed by atoms with Crippen LogP contribution in [0.15, 0.2) is 78.9 Å². The van der Waals surface area contributed by atoms with E-state index in [1.165, 1.54) is 10.7 Å². The van der Waals surface area contributed by atoms with Crippen molar-refractivity contribution in [2.75, 3.05) is 11.9 Å². The molecule has 5 rings (SSSR count). The van der Waals surface area contributed by atoms with Gasteiger partial charge >= 0.3 is 6.18 Å². The van der Waals surface area contributed by atoms with E-state index in [-0.39, 0.29) is 16.6 Å². The van der Waals surface area contributed by atoms with Gasteiger partial charge in [-0.15, -0.1) is 0 Å². The lowest BCUT2D eigenvalue weighted by atomic mass is 9.86. The van der Waals surface area contributed by atoms with Gasteiger partial charge in [0.15, 0.2) is 0 Å². The first-order valence-corrected chi connectivity index (χ1v) is 10.6. The Bertz CT molecular complexity index is 1210. The van der Waals surface area contributed by atoms with E-state index in [2.05, 4.69) is 5.32 Å². The van der Waals surface area contributed by atoms with Crippen LogP contribution >= 0.6 is 11.6 Å². The Hall–Kier alpha value is -3.25. The van der Waals surface area contributed by atoms with Crippen molar-refractivity contribution >= 4 is 17.4 Å². The smallest absolute Gasteiger partial charge is 0.369 e.